The Morgan fingerprint density at radius 3 is 3.07 bits per heavy atom. The van der Waals surface area contributed by atoms with Crippen LogP contribution in [0.1, 0.15) is 10.4 Å². The first-order chi connectivity index (χ1) is 6.81. The number of halogens is 1. The van der Waals surface area contributed by atoms with Crippen molar-refractivity contribution >= 4 is 22.2 Å². The number of rotatable bonds is 4. The van der Waals surface area contributed by atoms with Crippen LogP contribution >= 0.6 is 15.9 Å². The molecule has 14 heavy (non-hydrogen) atoms. The molecule has 1 aromatic rings. The molecule has 0 bridgehead atoms. The Morgan fingerprint density at radius 1 is 1.64 bits per heavy atom. The third kappa shape index (κ3) is 2.13. The van der Waals surface area contributed by atoms with Crippen molar-refractivity contribution in [1.29, 1.82) is 0 Å². The maximum absolute atomic E-state index is 10.6. The van der Waals surface area contributed by atoms with E-state index in [4.69, 9.17) is 9.47 Å². The molecule has 0 amide bonds. The number of hydrogen-bond acceptors (Lipinski definition) is 3. The molecule has 1 saturated heterocycles. The lowest BCUT2D eigenvalue weighted by Crippen LogP contribution is -2.04. The molecule has 4 heteroatoms. The minimum atomic E-state index is 0.224. The van der Waals surface area contributed by atoms with Gasteiger partial charge in [-0.3, -0.25) is 4.79 Å². The van der Waals surface area contributed by atoms with Gasteiger partial charge >= 0.3 is 0 Å². The summed E-state index contributed by atoms with van der Waals surface area (Å²) in [7, 11) is 0. The van der Waals surface area contributed by atoms with Crippen molar-refractivity contribution in [2.45, 2.75) is 6.10 Å². The minimum Gasteiger partial charge on any atom is -0.490 e. The van der Waals surface area contributed by atoms with Crippen LogP contribution in [0.2, 0.25) is 0 Å². The van der Waals surface area contributed by atoms with Crippen LogP contribution in [0.25, 0.3) is 0 Å². The average Bonchev–Trinajstić information content (AvgIpc) is 3.00. The predicted octanol–water partition coefficient (Wildman–Crippen LogP) is 2.04. The first kappa shape index (κ1) is 9.68. The molecule has 0 aromatic heterocycles. The SMILES string of the molecule is O=Cc1cccc(OC[C@H]2CO2)c1Br. The fourth-order valence-electron chi connectivity index (χ4n) is 1.08. The number of hydrogen-bond donors (Lipinski definition) is 0. The lowest BCUT2D eigenvalue weighted by atomic mass is 10.2. The molecule has 3 nitrogen and oxygen atoms in total. The summed E-state index contributed by atoms with van der Waals surface area (Å²) >= 11 is 3.31. The van der Waals surface area contributed by atoms with Crippen molar-refractivity contribution in [2.24, 2.45) is 0 Å². The minimum absolute atomic E-state index is 0.224. The van der Waals surface area contributed by atoms with Crippen LogP contribution < -0.4 is 4.74 Å². The molecule has 1 aliphatic rings. The van der Waals surface area contributed by atoms with E-state index in [9.17, 15) is 4.79 Å². The normalized spacial score (nSPS) is 19.1. The monoisotopic (exact) mass is 256 g/mol. The van der Waals surface area contributed by atoms with Gasteiger partial charge in [0.2, 0.25) is 0 Å². The van der Waals surface area contributed by atoms with Gasteiger partial charge in [0.1, 0.15) is 18.5 Å². The molecule has 0 spiro atoms. The molecular formula is C10H9BrO3. The Hall–Kier alpha value is -0.870. The van der Waals surface area contributed by atoms with Crippen LogP contribution in [0, 0.1) is 0 Å². The second-order valence-corrected chi connectivity index (χ2v) is 3.84. The molecule has 2 rings (SSSR count). The highest BCUT2D eigenvalue weighted by Crippen LogP contribution is 2.28. The van der Waals surface area contributed by atoms with E-state index < -0.39 is 0 Å². The molecule has 1 fully saturated rings. The number of ether oxygens (including phenoxy) is 2. The Labute approximate surface area is 90.1 Å². The number of epoxide rings is 1. The van der Waals surface area contributed by atoms with E-state index in [2.05, 4.69) is 15.9 Å². The van der Waals surface area contributed by atoms with E-state index in [1.165, 1.54) is 0 Å². The van der Waals surface area contributed by atoms with Crippen LogP contribution in [0.5, 0.6) is 5.75 Å². The highest BCUT2D eigenvalue weighted by atomic mass is 79.9. The van der Waals surface area contributed by atoms with Crippen molar-refractivity contribution in [3.8, 4) is 5.75 Å². The lowest BCUT2D eigenvalue weighted by Gasteiger charge is -2.07. The summed E-state index contributed by atoms with van der Waals surface area (Å²) in [5, 5.41) is 0. The topological polar surface area (TPSA) is 38.8 Å². The quantitative estimate of drug-likeness (QED) is 0.612. The first-order valence-electron chi connectivity index (χ1n) is 4.29. The number of carbonyl (C=O) groups excluding carboxylic acids is 1. The highest BCUT2D eigenvalue weighted by molar-refractivity contribution is 9.10. The molecule has 0 saturated carbocycles. The van der Waals surface area contributed by atoms with Gasteiger partial charge in [0.15, 0.2) is 6.29 Å². The summed E-state index contributed by atoms with van der Waals surface area (Å²) in [4.78, 5) is 10.6. The zero-order valence-corrected chi connectivity index (χ0v) is 8.99. The Balaban J connectivity index is 2.10. The third-order valence-corrected chi connectivity index (χ3v) is 2.80. The smallest absolute Gasteiger partial charge is 0.151 e. The van der Waals surface area contributed by atoms with Crippen molar-refractivity contribution in [3.63, 3.8) is 0 Å². The van der Waals surface area contributed by atoms with Gasteiger partial charge in [-0.15, -0.1) is 0 Å². The average molecular weight is 257 g/mol. The van der Waals surface area contributed by atoms with Crippen LogP contribution in [-0.4, -0.2) is 25.6 Å². The molecule has 1 heterocycles. The second-order valence-electron chi connectivity index (χ2n) is 3.04. The first-order valence-corrected chi connectivity index (χ1v) is 5.08. The summed E-state index contributed by atoms with van der Waals surface area (Å²) in [6.45, 7) is 1.31. The van der Waals surface area contributed by atoms with Gasteiger partial charge in [0.25, 0.3) is 0 Å². The molecular weight excluding hydrogens is 248 g/mol. The van der Waals surface area contributed by atoms with E-state index in [-0.39, 0.29) is 6.10 Å². The Morgan fingerprint density at radius 2 is 2.43 bits per heavy atom. The molecule has 1 atom stereocenters. The largest absolute Gasteiger partial charge is 0.490 e. The summed E-state index contributed by atoms with van der Waals surface area (Å²) in [5.41, 5.74) is 0.596. The molecule has 0 unspecified atom stereocenters. The van der Waals surface area contributed by atoms with Gasteiger partial charge in [-0.1, -0.05) is 12.1 Å². The van der Waals surface area contributed by atoms with E-state index >= 15 is 0 Å². The lowest BCUT2D eigenvalue weighted by molar-refractivity contribution is 0.112. The molecule has 0 N–H and O–H groups in total. The van der Waals surface area contributed by atoms with Crippen molar-refractivity contribution in [2.75, 3.05) is 13.2 Å². The van der Waals surface area contributed by atoms with Gasteiger partial charge in [0.05, 0.1) is 11.1 Å². The number of aldehydes is 1. The number of benzene rings is 1. The fraction of sp³-hybridized carbons (Fsp3) is 0.300. The standard InChI is InChI=1S/C10H9BrO3/c11-10-7(4-12)2-1-3-9(10)14-6-8-5-13-8/h1-4,8H,5-6H2/t8-/m1/s1. The Kier molecular flexibility index (Phi) is 2.84. The van der Waals surface area contributed by atoms with Gasteiger partial charge < -0.3 is 9.47 Å². The maximum Gasteiger partial charge on any atom is 0.151 e. The molecule has 1 aliphatic heterocycles. The summed E-state index contributed by atoms with van der Waals surface area (Å²) in [6, 6.07) is 5.34. The predicted molar refractivity (Wildman–Crippen MR) is 54.8 cm³/mol. The van der Waals surface area contributed by atoms with Crippen LogP contribution in [0.15, 0.2) is 22.7 Å². The molecule has 0 aliphatic carbocycles. The molecule has 1 aromatic carbocycles. The van der Waals surface area contributed by atoms with Gasteiger partial charge in [-0.25, -0.2) is 0 Å². The fourth-order valence-corrected chi connectivity index (χ4v) is 1.55. The van der Waals surface area contributed by atoms with Crippen molar-refractivity contribution in [3.05, 3.63) is 28.2 Å². The van der Waals surface area contributed by atoms with E-state index in [1.807, 2.05) is 6.07 Å². The molecule has 0 radical (unpaired) electrons. The van der Waals surface area contributed by atoms with Crippen molar-refractivity contribution in [1.82, 2.24) is 0 Å². The van der Waals surface area contributed by atoms with Gasteiger partial charge in [0, 0.05) is 5.56 Å². The summed E-state index contributed by atoms with van der Waals surface area (Å²) < 4.78 is 11.2. The second kappa shape index (κ2) is 4.11. The highest BCUT2D eigenvalue weighted by Gasteiger charge is 2.23. The van der Waals surface area contributed by atoms with Crippen LogP contribution in [0.4, 0.5) is 0 Å². The van der Waals surface area contributed by atoms with E-state index in [0.717, 1.165) is 12.9 Å². The van der Waals surface area contributed by atoms with Crippen LogP contribution in [-0.2, 0) is 4.74 Å². The van der Waals surface area contributed by atoms with E-state index in [0.29, 0.717) is 22.4 Å². The summed E-state index contributed by atoms with van der Waals surface area (Å²) in [6.07, 6.45) is 1.02. The molecule has 74 valence electrons. The van der Waals surface area contributed by atoms with Gasteiger partial charge in [-0.2, -0.15) is 0 Å². The van der Waals surface area contributed by atoms with Crippen LogP contribution in [0.3, 0.4) is 0 Å². The summed E-state index contributed by atoms with van der Waals surface area (Å²) in [5.74, 6) is 0.685. The zero-order valence-electron chi connectivity index (χ0n) is 7.40. The van der Waals surface area contributed by atoms with Gasteiger partial charge in [-0.05, 0) is 22.0 Å². The maximum atomic E-state index is 10.6. The number of carbonyl (C=O) groups is 1. The Bertz CT molecular complexity index is 347. The third-order valence-electron chi connectivity index (χ3n) is 1.95. The zero-order chi connectivity index (χ0) is 9.97. The van der Waals surface area contributed by atoms with E-state index in [1.54, 1.807) is 12.1 Å². The van der Waals surface area contributed by atoms with Crippen molar-refractivity contribution < 1.29 is 14.3 Å².